The maximum absolute atomic E-state index is 11.1. The first-order chi connectivity index (χ1) is 15.5. The largest absolute Gasteiger partial charge is 0.507 e. The Kier molecular flexibility index (Phi) is 5.68. The van der Waals surface area contributed by atoms with Crippen molar-refractivity contribution in [2.45, 2.75) is 65.5 Å². The van der Waals surface area contributed by atoms with E-state index in [0.717, 1.165) is 27.9 Å². The molecule has 0 amide bonds. The second-order valence-corrected chi connectivity index (χ2v) is 10.3. The smallest absolute Gasteiger partial charge is 0.339 e. The fraction of sp³-hybridized carbons (Fsp3) is 0.423. The maximum Gasteiger partial charge on any atom is 0.339 e. The van der Waals surface area contributed by atoms with Gasteiger partial charge >= 0.3 is 6.01 Å². The number of ether oxygens (including phenoxy) is 2. The molecule has 7 nitrogen and oxygen atoms in total. The van der Waals surface area contributed by atoms with Crippen LogP contribution in [0.15, 0.2) is 36.4 Å². The lowest BCUT2D eigenvalue weighted by Crippen LogP contribution is -2.22. The van der Waals surface area contributed by atoms with Crippen LogP contribution in [0.1, 0.15) is 71.4 Å². The van der Waals surface area contributed by atoms with Crippen LogP contribution in [0.2, 0.25) is 0 Å². The molecule has 7 heteroatoms. The van der Waals surface area contributed by atoms with Crippen molar-refractivity contribution in [1.29, 1.82) is 0 Å². The van der Waals surface area contributed by atoms with E-state index in [1.54, 1.807) is 0 Å². The van der Waals surface area contributed by atoms with Gasteiger partial charge < -0.3 is 19.9 Å². The van der Waals surface area contributed by atoms with Gasteiger partial charge in [-0.15, -0.1) is 5.10 Å². The summed E-state index contributed by atoms with van der Waals surface area (Å²) in [5.74, 6) is 0.675. The van der Waals surface area contributed by atoms with Crippen LogP contribution in [-0.4, -0.2) is 26.9 Å². The highest BCUT2D eigenvalue weighted by Crippen LogP contribution is 2.44. The standard InChI is InChI=1S/C26H32N4O3/c1-8-32-24-28-23-20(29-30-24)16-11-9-10-12-19(16)27-22(33-23)15-13-17(25(2,3)4)21(31)18(14-15)26(5,6)7/h9-14,22,27,31H,8H2,1-7H3. The van der Waals surface area contributed by atoms with Gasteiger partial charge in [0.05, 0.1) is 6.61 Å². The summed E-state index contributed by atoms with van der Waals surface area (Å²) in [5.41, 5.74) is 4.37. The Labute approximate surface area is 195 Å². The van der Waals surface area contributed by atoms with Crippen LogP contribution in [0.3, 0.4) is 0 Å². The van der Waals surface area contributed by atoms with Gasteiger partial charge in [-0.25, -0.2) is 0 Å². The van der Waals surface area contributed by atoms with Crippen LogP contribution in [0.4, 0.5) is 5.69 Å². The third-order valence-corrected chi connectivity index (χ3v) is 5.66. The topological polar surface area (TPSA) is 89.4 Å². The molecule has 1 aliphatic heterocycles. The van der Waals surface area contributed by atoms with Gasteiger partial charge in [-0.05, 0) is 36.0 Å². The molecule has 0 fully saturated rings. The average Bonchev–Trinajstić information content (AvgIpc) is 2.89. The first-order valence-corrected chi connectivity index (χ1v) is 11.3. The fourth-order valence-electron chi connectivity index (χ4n) is 3.94. The molecular weight excluding hydrogens is 416 g/mol. The molecule has 1 aliphatic rings. The number of hydrogen-bond donors (Lipinski definition) is 2. The van der Waals surface area contributed by atoms with Crippen LogP contribution in [-0.2, 0) is 10.8 Å². The first kappa shape index (κ1) is 22.8. The number of anilines is 1. The zero-order chi connectivity index (χ0) is 24.0. The van der Waals surface area contributed by atoms with E-state index in [1.807, 2.05) is 43.3 Å². The van der Waals surface area contributed by atoms with Crippen molar-refractivity contribution in [3.8, 4) is 28.9 Å². The summed E-state index contributed by atoms with van der Waals surface area (Å²) < 4.78 is 11.9. The Hall–Kier alpha value is -3.35. The summed E-state index contributed by atoms with van der Waals surface area (Å²) in [7, 11) is 0. The summed E-state index contributed by atoms with van der Waals surface area (Å²) >= 11 is 0. The molecule has 1 atom stereocenters. The maximum atomic E-state index is 11.1. The van der Waals surface area contributed by atoms with E-state index in [9.17, 15) is 5.11 Å². The van der Waals surface area contributed by atoms with Crippen LogP contribution < -0.4 is 14.8 Å². The van der Waals surface area contributed by atoms with Gasteiger partial charge in [-0.2, -0.15) is 4.98 Å². The van der Waals surface area contributed by atoms with E-state index in [4.69, 9.17) is 9.47 Å². The zero-order valence-corrected chi connectivity index (χ0v) is 20.4. The second kappa shape index (κ2) is 8.21. The lowest BCUT2D eigenvalue weighted by molar-refractivity contribution is 0.219. The molecule has 3 aromatic rings. The van der Waals surface area contributed by atoms with Gasteiger partial charge in [0.2, 0.25) is 5.88 Å². The number of aromatic hydroxyl groups is 1. The van der Waals surface area contributed by atoms with Gasteiger partial charge in [0, 0.05) is 27.9 Å². The molecule has 0 saturated heterocycles. The van der Waals surface area contributed by atoms with Crippen molar-refractivity contribution in [1.82, 2.24) is 15.2 Å². The molecule has 2 N–H and O–H groups in total. The van der Waals surface area contributed by atoms with E-state index in [2.05, 4.69) is 62.0 Å². The molecule has 0 bridgehead atoms. The molecular formula is C26H32N4O3. The van der Waals surface area contributed by atoms with E-state index in [-0.39, 0.29) is 16.8 Å². The number of aromatic nitrogens is 3. The van der Waals surface area contributed by atoms with Crippen molar-refractivity contribution in [3.05, 3.63) is 53.1 Å². The number of phenolic OH excluding ortho intramolecular Hbond substituents is 1. The van der Waals surface area contributed by atoms with Crippen molar-refractivity contribution in [2.24, 2.45) is 0 Å². The van der Waals surface area contributed by atoms with E-state index in [1.165, 1.54) is 0 Å². The number of nitrogens with zero attached hydrogens (tertiary/aromatic N) is 3. The van der Waals surface area contributed by atoms with Crippen LogP contribution in [0.25, 0.3) is 11.3 Å². The Morgan fingerprint density at radius 1 is 1.00 bits per heavy atom. The van der Waals surface area contributed by atoms with Gasteiger partial charge in [-0.1, -0.05) is 64.8 Å². The summed E-state index contributed by atoms with van der Waals surface area (Å²) in [5, 5.41) is 23.1. The number of hydrogen-bond acceptors (Lipinski definition) is 7. The third-order valence-electron chi connectivity index (χ3n) is 5.66. The normalized spacial score (nSPS) is 15.5. The fourth-order valence-corrected chi connectivity index (χ4v) is 3.94. The highest BCUT2D eigenvalue weighted by molar-refractivity contribution is 5.79. The average molecular weight is 449 g/mol. The van der Waals surface area contributed by atoms with E-state index in [0.29, 0.717) is 23.9 Å². The Bertz CT molecular complexity index is 1140. The first-order valence-electron chi connectivity index (χ1n) is 11.3. The van der Waals surface area contributed by atoms with Crippen molar-refractivity contribution < 1.29 is 14.6 Å². The summed E-state index contributed by atoms with van der Waals surface area (Å²) in [6.07, 6.45) is -0.554. The number of nitrogens with one attached hydrogen (secondary N) is 1. The van der Waals surface area contributed by atoms with Crippen LogP contribution in [0.5, 0.6) is 17.6 Å². The molecule has 2 aromatic carbocycles. The monoisotopic (exact) mass is 448 g/mol. The third kappa shape index (κ3) is 4.45. The van der Waals surface area contributed by atoms with E-state index < -0.39 is 6.23 Å². The Morgan fingerprint density at radius 3 is 2.24 bits per heavy atom. The molecule has 0 saturated carbocycles. The van der Waals surface area contributed by atoms with Gasteiger partial charge in [0.15, 0.2) is 11.9 Å². The minimum Gasteiger partial charge on any atom is -0.507 e. The molecule has 0 aliphatic carbocycles. The van der Waals surface area contributed by atoms with Crippen LogP contribution in [0, 0.1) is 0 Å². The molecule has 1 unspecified atom stereocenters. The number of benzene rings is 2. The molecule has 1 aromatic heterocycles. The lowest BCUT2D eigenvalue weighted by atomic mass is 9.78. The second-order valence-electron chi connectivity index (χ2n) is 10.3. The minimum atomic E-state index is -0.554. The minimum absolute atomic E-state index is 0.172. The molecule has 33 heavy (non-hydrogen) atoms. The van der Waals surface area contributed by atoms with Crippen LogP contribution >= 0.6 is 0 Å². The highest BCUT2D eigenvalue weighted by atomic mass is 16.5. The lowest BCUT2D eigenvalue weighted by Gasteiger charge is -2.30. The Balaban J connectivity index is 1.90. The Morgan fingerprint density at radius 2 is 1.64 bits per heavy atom. The van der Waals surface area contributed by atoms with Crippen molar-refractivity contribution in [3.63, 3.8) is 0 Å². The highest BCUT2D eigenvalue weighted by Gasteiger charge is 2.31. The zero-order valence-electron chi connectivity index (χ0n) is 20.4. The van der Waals surface area contributed by atoms with Gasteiger partial charge in [0.1, 0.15) is 5.75 Å². The predicted octanol–water partition coefficient (Wildman–Crippen LogP) is 5.74. The number of para-hydroxylation sites is 1. The SMILES string of the molecule is CCOc1nnc2c(n1)OC(c1cc(C(C)(C)C)c(O)c(C(C)(C)C)c1)Nc1ccccc1-2. The number of phenols is 1. The molecule has 174 valence electrons. The molecule has 2 heterocycles. The molecule has 0 spiro atoms. The predicted molar refractivity (Wildman–Crippen MR) is 129 cm³/mol. The quantitative estimate of drug-likeness (QED) is 0.528. The number of rotatable bonds is 3. The van der Waals surface area contributed by atoms with E-state index >= 15 is 0 Å². The van der Waals surface area contributed by atoms with Crippen molar-refractivity contribution in [2.75, 3.05) is 11.9 Å². The number of fused-ring (bicyclic) bond motifs is 3. The van der Waals surface area contributed by atoms with Crippen molar-refractivity contribution >= 4 is 5.69 Å². The molecule has 0 radical (unpaired) electrons. The summed E-state index contributed by atoms with van der Waals surface area (Å²) in [6.45, 7) is 14.9. The van der Waals surface area contributed by atoms with Gasteiger partial charge in [-0.3, -0.25) is 0 Å². The molecule has 4 rings (SSSR count). The van der Waals surface area contributed by atoms with Gasteiger partial charge in [0.25, 0.3) is 0 Å². The summed E-state index contributed by atoms with van der Waals surface area (Å²) in [6, 6.07) is 12.0. The summed E-state index contributed by atoms with van der Waals surface area (Å²) in [4.78, 5) is 4.49.